The number of hydrogen-bond acceptors (Lipinski definition) is 4. The van der Waals surface area contributed by atoms with Crippen molar-refractivity contribution in [2.24, 2.45) is 0 Å². The van der Waals surface area contributed by atoms with E-state index in [4.69, 9.17) is 0 Å². The van der Waals surface area contributed by atoms with Crippen LogP contribution in [-0.4, -0.2) is 62.8 Å². The highest BCUT2D eigenvalue weighted by molar-refractivity contribution is 5.89. The lowest BCUT2D eigenvalue weighted by Gasteiger charge is -2.23. The standard InChI is InChI=1S/C18H24N6O/c25-18(23-9-6-17(12-23)22-7-1-2-8-22)21-16-5-3-4-15(10-16)11-24-14-19-13-20-24/h3-5,10,13-14,17H,1-2,6-9,11-12H2,(H,21,25). The minimum Gasteiger partial charge on any atom is -0.323 e. The molecule has 2 aromatic rings. The summed E-state index contributed by atoms with van der Waals surface area (Å²) in [6, 6.07) is 8.44. The molecule has 1 N–H and O–H groups in total. The number of carbonyl (C=O) groups is 1. The Balaban J connectivity index is 1.34. The zero-order chi connectivity index (χ0) is 17.1. The molecule has 2 fully saturated rings. The van der Waals surface area contributed by atoms with Gasteiger partial charge in [-0.2, -0.15) is 5.10 Å². The molecule has 2 amide bonds. The van der Waals surface area contributed by atoms with Crippen molar-refractivity contribution in [1.29, 1.82) is 0 Å². The highest BCUT2D eigenvalue weighted by Gasteiger charge is 2.31. The van der Waals surface area contributed by atoms with Crippen molar-refractivity contribution >= 4 is 11.7 Å². The lowest BCUT2D eigenvalue weighted by Crippen LogP contribution is -2.38. The maximum Gasteiger partial charge on any atom is 0.321 e. The number of benzene rings is 1. The normalized spacial score (nSPS) is 21.0. The Morgan fingerprint density at radius 3 is 2.92 bits per heavy atom. The molecule has 7 nitrogen and oxygen atoms in total. The monoisotopic (exact) mass is 340 g/mol. The molecule has 0 spiro atoms. The molecule has 0 aliphatic carbocycles. The van der Waals surface area contributed by atoms with E-state index in [2.05, 4.69) is 20.3 Å². The fraction of sp³-hybridized carbons (Fsp3) is 0.500. The van der Waals surface area contributed by atoms with Gasteiger partial charge in [-0.15, -0.1) is 0 Å². The molecule has 1 aromatic heterocycles. The van der Waals surface area contributed by atoms with Gasteiger partial charge in [-0.25, -0.2) is 14.5 Å². The van der Waals surface area contributed by atoms with Gasteiger partial charge in [0.2, 0.25) is 0 Å². The fourth-order valence-corrected chi connectivity index (χ4v) is 3.78. The van der Waals surface area contributed by atoms with E-state index in [1.807, 2.05) is 29.2 Å². The van der Waals surface area contributed by atoms with Crippen LogP contribution in [0.15, 0.2) is 36.9 Å². The maximum atomic E-state index is 12.6. The predicted octanol–water partition coefficient (Wildman–Crippen LogP) is 2.03. The summed E-state index contributed by atoms with van der Waals surface area (Å²) in [6.07, 6.45) is 6.88. The van der Waals surface area contributed by atoms with Gasteiger partial charge in [-0.3, -0.25) is 4.90 Å². The molecule has 3 heterocycles. The average molecular weight is 340 g/mol. The molecule has 0 saturated carbocycles. The van der Waals surface area contributed by atoms with Gasteiger partial charge in [0, 0.05) is 24.8 Å². The van der Waals surface area contributed by atoms with E-state index >= 15 is 0 Å². The highest BCUT2D eigenvalue weighted by Crippen LogP contribution is 2.21. The van der Waals surface area contributed by atoms with Crippen LogP contribution < -0.4 is 5.32 Å². The molecule has 1 aromatic carbocycles. The SMILES string of the molecule is O=C(Nc1cccc(Cn2cncn2)c1)N1CCC(N2CCCC2)C1. The van der Waals surface area contributed by atoms with Crippen LogP contribution >= 0.6 is 0 Å². The summed E-state index contributed by atoms with van der Waals surface area (Å²) in [7, 11) is 0. The minimum absolute atomic E-state index is 0.000368. The van der Waals surface area contributed by atoms with Crippen LogP contribution in [0.3, 0.4) is 0 Å². The third-order valence-corrected chi connectivity index (χ3v) is 5.10. The summed E-state index contributed by atoms with van der Waals surface area (Å²) in [5.41, 5.74) is 1.91. The zero-order valence-electron chi connectivity index (χ0n) is 14.3. The average Bonchev–Trinajstić information content (AvgIpc) is 3.37. The second kappa shape index (κ2) is 7.23. The molecule has 2 saturated heterocycles. The molecule has 25 heavy (non-hydrogen) atoms. The molecule has 1 atom stereocenters. The number of amides is 2. The van der Waals surface area contributed by atoms with Gasteiger partial charge in [0.25, 0.3) is 0 Å². The second-order valence-electron chi connectivity index (χ2n) is 6.86. The molecule has 2 aliphatic heterocycles. The first-order valence-electron chi connectivity index (χ1n) is 8.99. The van der Waals surface area contributed by atoms with E-state index in [0.29, 0.717) is 12.6 Å². The number of hydrogen-bond donors (Lipinski definition) is 1. The second-order valence-corrected chi connectivity index (χ2v) is 6.86. The molecule has 0 radical (unpaired) electrons. The summed E-state index contributed by atoms with van der Waals surface area (Å²) >= 11 is 0. The minimum atomic E-state index is -0.000368. The van der Waals surface area contributed by atoms with E-state index in [1.165, 1.54) is 32.3 Å². The molecule has 1 unspecified atom stereocenters. The number of urea groups is 1. The van der Waals surface area contributed by atoms with Gasteiger partial charge in [0.15, 0.2) is 0 Å². The molecular formula is C18H24N6O. The summed E-state index contributed by atoms with van der Waals surface area (Å²) in [4.78, 5) is 21.0. The van der Waals surface area contributed by atoms with Crippen LogP contribution in [0.25, 0.3) is 0 Å². The zero-order valence-corrected chi connectivity index (χ0v) is 14.3. The van der Waals surface area contributed by atoms with E-state index < -0.39 is 0 Å². The van der Waals surface area contributed by atoms with Crippen molar-refractivity contribution in [2.75, 3.05) is 31.5 Å². The number of likely N-dealkylation sites (tertiary alicyclic amines) is 2. The first-order chi connectivity index (χ1) is 12.3. The number of nitrogens with zero attached hydrogens (tertiary/aromatic N) is 5. The topological polar surface area (TPSA) is 66.3 Å². The van der Waals surface area contributed by atoms with Crippen LogP contribution in [0.2, 0.25) is 0 Å². The van der Waals surface area contributed by atoms with Crippen molar-refractivity contribution in [3.05, 3.63) is 42.5 Å². The first kappa shape index (κ1) is 16.1. The molecular weight excluding hydrogens is 316 g/mol. The van der Waals surface area contributed by atoms with Gasteiger partial charge < -0.3 is 10.2 Å². The number of carbonyl (C=O) groups excluding carboxylic acids is 1. The quantitative estimate of drug-likeness (QED) is 0.925. The van der Waals surface area contributed by atoms with Crippen molar-refractivity contribution < 1.29 is 4.79 Å². The van der Waals surface area contributed by atoms with E-state index in [1.54, 1.807) is 11.0 Å². The van der Waals surface area contributed by atoms with Gasteiger partial charge >= 0.3 is 6.03 Å². The van der Waals surface area contributed by atoms with E-state index in [9.17, 15) is 4.79 Å². The third-order valence-electron chi connectivity index (χ3n) is 5.10. The number of anilines is 1. The van der Waals surface area contributed by atoms with Crippen LogP contribution in [-0.2, 0) is 6.54 Å². The molecule has 0 bridgehead atoms. The smallest absolute Gasteiger partial charge is 0.321 e. The number of aromatic nitrogens is 3. The van der Waals surface area contributed by atoms with Gasteiger partial charge in [-0.05, 0) is 50.0 Å². The molecule has 4 rings (SSSR count). The number of nitrogens with one attached hydrogen (secondary N) is 1. The summed E-state index contributed by atoms with van der Waals surface area (Å²) in [5, 5.41) is 7.15. The third kappa shape index (κ3) is 3.82. The van der Waals surface area contributed by atoms with Crippen LogP contribution in [0.4, 0.5) is 10.5 Å². The van der Waals surface area contributed by atoms with Crippen molar-refractivity contribution in [1.82, 2.24) is 24.6 Å². The summed E-state index contributed by atoms with van der Waals surface area (Å²) < 4.78 is 1.77. The molecule has 132 valence electrons. The van der Waals surface area contributed by atoms with Gasteiger partial charge in [-0.1, -0.05) is 12.1 Å². The first-order valence-corrected chi connectivity index (χ1v) is 8.99. The highest BCUT2D eigenvalue weighted by atomic mass is 16.2. The Morgan fingerprint density at radius 2 is 2.12 bits per heavy atom. The predicted molar refractivity (Wildman–Crippen MR) is 95.4 cm³/mol. The lowest BCUT2D eigenvalue weighted by molar-refractivity contribution is 0.210. The van der Waals surface area contributed by atoms with Crippen LogP contribution in [0, 0.1) is 0 Å². The largest absolute Gasteiger partial charge is 0.323 e. The van der Waals surface area contributed by atoms with Gasteiger partial charge in [0.1, 0.15) is 12.7 Å². The van der Waals surface area contributed by atoms with E-state index in [-0.39, 0.29) is 6.03 Å². The lowest BCUT2D eigenvalue weighted by atomic mass is 10.2. The van der Waals surface area contributed by atoms with Crippen molar-refractivity contribution in [2.45, 2.75) is 31.8 Å². The Bertz CT molecular complexity index is 710. The Labute approximate surface area is 147 Å². The summed E-state index contributed by atoms with van der Waals surface area (Å²) in [5.74, 6) is 0. The fourth-order valence-electron chi connectivity index (χ4n) is 3.78. The van der Waals surface area contributed by atoms with Gasteiger partial charge in [0.05, 0.1) is 6.54 Å². The van der Waals surface area contributed by atoms with Crippen LogP contribution in [0.1, 0.15) is 24.8 Å². The number of rotatable bonds is 4. The molecule has 2 aliphatic rings. The maximum absolute atomic E-state index is 12.6. The Morgan fingerprint density at radius 1 is 1.24 bits per heavy atom. The van der Waals surface area contributed by atoms with E-state index in [0.717, 1.165) is 30.8 Å². The van der Waals surface area contributed by atoms with Crippen molar-refractivity contribution in [3.63, 3.8) is 0 Å². The summed E-state index contributed by atoms with van der Waals surface area (Å²) in [6.45, 7) is 4.69. The Kier molecular flexibility index (Phi) is 4.65. The Hall–Kier alpha value is -2.41. The van der Waals surface area contributed by atoms with Crippen molar-refractivity contribution in [3.8, 4) is 0 Å². The van der Waals surface area contributed by atoms with Crippen LogP contribution in [0.5, 0.6) is 0 Å². The molecule has 7 heteroatoms.